The van der Waals surface area contributed by atoms with Crippen LogP contribution in [0.1, 0.15) is 35.3 Å². The molecule has 0 bridgehead atoms. The maximum absolute atomic E-state index is 12.1. The standard InChI is InChI=1S/C19H22ClNO2/c1-14(2)23-13-16-3-7-17(8-4-16)19(22)21-12-11-15-5-9-18(20)10-6-15/h3-10,14H,11-13H2,1-2H3,(H,21,22). The van der Waals surface area contributed by atoms with Crippen LogP contribution in [0.4, 0.5) is 0 Å². The fraction of sp³-hybridized carbons (Fsp3) is 0.316. The summed E-state index contributed by atoms with van der Waals surface area (Å²) in [6.07, 6.45) is 0.981. The van der Waals surface area contributed by atoms with Crippen LogP contribution < -0.4 is 5.32 Å². The normalized spacial score (nSPS) is 10.8. The van der Waals surface area contributed by atoms with Gasteiger partial charge in [0, 0.05) is 17.1 Å². The predicted octanol–water partition coefficient (Wildman–Crippen LogP) is 4.24. The fourth-order valence-corrected chi connectivity index (χ4v) is 2.21. The SMILES string of the molecule is CC(C)OCc1ccc(C(=O)NCCc2ccc(Cl)cc2)cc1. The quantitative estimate of drug-likeness (QED) is 0.824. The van der Waals surface area contributed by atoms with Crippen LogP contribution in [-0.4, -0.2) is 18.6 Å². The van der Waals surface area contributed by atoms with Crippen LogP contribution in [0.15, 0.2) is 48.5 Å². The third-order valence-corrected chi connectivity index (χ3v) is 3.66. The van der Waals surface area contributed by atoms with Gasteiger partial charge in [0.25, 0.3) is 5.91 Å². The molecule has 2 aromatic rings. The Morgan fingerprint density at radius 2 is 1.65 bits per heavy atom. The van der Waals surface area contributed by atoms with Gasteiger partial charge in [-0.05, 0) is 55.7 Å². The molecule has 0 spiro atoms. The van der Waals surface area contributed by atoms with Gasteiger partial charge >= 0.3 is 0 Å². The zero-order chi connectivity index (χ0) is 16.7. The molecule has 4 heteroatoms. The van der Waals surface area contributed by atoms with E-state index in [9.17, 15) is 4.79 Å². The molecule has 0 radical (unpaired) electrons. The van der Waals surface area contributed by atoms with Crippen molar-refractivity contribution >= 4 is 17.5 Å². The number of benzene rings is 2. The van der Waals surface area contributed by atoms with Gasteiger partial charge in [0.05, 0.1) is 12.7 Å². The molecule has 0 saturated heterocycles. The second-order valence-corrected chi connectivity index (χ2v) is 6.13. The lowest BCUT2D eigenvalue weighted by Gasteiger charge is -2.09. The zero-order valence-electron chi connectivity index (χ0n) is 13.5. The van der Waals surface area contributed by atoms with Crippen LogP contribution >= 0.6 is 11.6 Å². The van der Waals surface area contributed by atoms with Crippen LogP contribution in [0, 0.1) is 0 Å². The first-order valence-electron chi connectivity index (χ1n) is 7.78. The first kappa shape index (κ1) is 17.5. The molecular formula is C19H22ClNO2. The summed E-state index contributed by atoms with van der Waals surface area (Å²) in [6, 6.07) is 15.2. The summed E-state index contributed by atoms with van der Waals surface area (Å²) in [5.41, 5.74) is 2.88. The van der Waals surface area contributed by atoms with Gasteiger partial charge in [-0.2, -0.15) is 0 Å². The van der Waals surface area contributed by atoms with Gasteiger partial charge in [-0.15, -0.1) is 0 Å². The van der Waals surface area contributed by atoms with Crippen molar-refractivity contribution in [2.24, 2.45) is 0 Å². The molecule has 1 N–H and O–H groups in total. The predicted molar refractivity (Wildman–Crippen MR) is 93.9 cm³/mol. The highest BCUT2D eigenvalue weighted by Crippen LogP contribution is 2.10. The van der Waals surface area contributed by atoms with E-state index in [1.54, 1.807) is 0 Å². The molecule has 0 aliphatic rings. The minimum atomic E-state index is -0.0599. The largest absolute Gasteiger partial charge is 0.374 e. The molecule has 0 aromatic heterocycles. The summed E-state index contributed by atoms with van der Waals surface area (Å²) in [7, 11) is 0. The molecule has 0 unspecified atom stereocenters. The van der Waals surface area contributed by atoms with Gasteiger partial charge in [-0.3, -0.25) is 4.79 Å². The smallest absolute Gasteiger partial charge is 0.251 e. The lowest BCUT2D eigenvalue weighted by atomic mass is 10.1. The van der Waals surface area contributed by atoms with Gasteiger partial charge < -0.3 is 10.1 Å². The Hall–Kier alpha value is -1.84. The molecule has 122 valence electrons. The first-order chi connectivity index (χ1) is 11.0. The Morgan fingerprint density at radius 3 is 2.26 bits per heavy atom. The van der Waals surface area contributed by atoms with Crippen molar-refractivity contribution in [3.8, 4) is 0 Å². The van der Waals surface area contributed by atoms with Gasteiger partial charge in [0.1, 0.15) is 0 Å². The van der Waals surface area contributed by atoms with Crippen LogP contribution in [0.5, 0.6) is 0 Å². The van der Waals surface area contributed by atoms with E-state index in [1.807, 2.05) is 62.4 Å². The van der Waals surface area contributed by atoms with Crippen LogP contribution in [0.3, 0.4) is 0 Å². The summed E-state index contributed by atoms with van der Waals surface area (Å²) in [4.78, 5) is 12.1. The minimum absolute atomic E-state index is 0.0599. The molecule has 2 aromatic carbocycles. The van der Waals surface area contributed by atoms with E-state index in [0.29, 0.717) is 18.7 Å². The molecule has 1 amide bonds. The first-order valence-corrected chi connectivity index (χ1v) is 8.15. The molecular weight excluding hydrogens is 310 g/mol. The van der Waals surface area contributed by atoms with Crippen molar-refractivity contribution in [1.82, 2.24) is 5.32 Å². The molecule has 0 aliphatic carbocycles. The van der Waals surface area contributed by atoms with E-state index < -0.39 is 0 Å². The van der Waals surface area contributed by atoms with E-state index in [-0.39, 0.29) is 12.0 Å². The Bertz CT molecular complexity index is 621. The molecule has 23 heavy (non-hydrogen) atoms. The second-order valence-electron chi connectivity index (χ2n) is 5.69. The van der Waals surface area contributed by atoms with Crippen LogP contribution in [0.2, 0.25) is 5.02 Å². The minimum Gasteiger partial charge on any atom is -0.374 e. The molecule has 0 fully saturated rings. The lowest BCUT2D eigenvalue weighted by molar-refractivity contribution is 0.0657. The Labute approximate surface area is 142 Å². The number of hydrogen-bond acceptors (Lipinski definition) is 2. The highest BCUT2D eigenvalue weighted by molar-refractivity contribution is 6.30. The second kappa shape index (κ2) is 8.70. The average molecular weight is 332 g/mol. The van der Waals surface area contributed by atoms with E-state index >= 15 is 0 Å². The van der Waals surface area contributed by atoms with Gasteiger partial charge in [0.2, 0.25) is 0 Å². The Kier molecular flexibility index (Phi) is 6.63. The highest BCUT2D eigenvalue weighted by atomic mass is 35.5. The van der Waals surface area contributed by atoms with Crippen LogP contribution in [0.25, 0.3) is 0 Å². The molecule has 3 nitrogen and oxygen atoms in total. The van der Waals surface area contributed by atoms with E-state index in [2.05, 4.69) is 5.32 Å². The number of carbonyl (C=O) groups excluding carboxylic acids is 1. The summed E-state index contributed by atoms with van der Waals surface area (Å²) < 4.78 is 5.54. The number of ether oxygens (including phenoxy) is 1. The maximum Gasteiger partial charge on any atom is 0.251 e. The number of hydrogen-bond donors (Lipinski definition) is 1. The van der Waals surface area contributed by atoms with Crippen molar-refractivity contribution < 1.29 is 9.53 Å². The van der Waals surface area contributed by atoms with Crippen molar-refractivity contribution in [2.45, 2.75) is 33.0 Å². The van der Waals surface area contributed by atoms with Gasteiger partial charge in [-0.25, -0.2) is 0 Å². The number of rotatable bonds is 7. The Balaban J connectivity index is 1.80. The third-order valence-electron chi connectivity index (χ3n) is 3.41. The van der Waals surface area contributed by atoms with Crippen LogP contribution in [-0.2, 0) is 17.8 Å². The van der Waals surface area contributed by atoms with Gasteiger partial charge in [-0.1, -0.05) is 35.9 Å². The van der Waals surface area contributed by atoms with E-state index in [0.717, 1.165) is 22.6 Å². The fourth-order valence-electron chi connectivity index (χ4n) is 2.09. The number of halogens is 1. The average Bonchev–Trinajstić information content (AvgIpc) is 2.55. The maximum atomic E-state index is 12.1. The summed E-state index contributed by atoms with van der Waals surface area (Å²) in [5.74, 6) is -0.0599. The third kappa shape index (κ3) is 6.05. The van der Waals surface area contributed by atoms with E-state index in [4.69, 9.17) is 16.3 Å². The summed E-state index contributed by atoms with van der Waals surface area (Å²) in [5, 5.41) is 3.65. The molecule has 0 heterocycles. The van der Waals surface area contributed by atoms with E-state index in [1.165, 1.54) is 0 Å². The van der Waals surface area contributed by atoms with Crippen molar-refractivity contribution in [3.05, 3.63) is 70.2 Å². The molecule has 0 atom stereocenters. The van der Waals surface area contributed by atoms with Crippen molar-refractivity contribution in [2.75, 3.05) is 6.54 Å². The summed E-state index contributed by atoms with van der Waals surface area (Å²) >= 11 is 5.85. The van der Waals surface area contributed by atoms with Crippen molar-refractivity contribution in [3.63, 3.8) is 0 Å². The molecule has 2 rings (SSSR count). The topological polar surface area (TPSA) is 38.3 Å². The Morgan fingerprint density at radius 1 is 1.04 bits per heavy atom. The number of amides is 1. The number of carbonyl (C=O) groups is 1. The van der Waals surface area contributed by atoms with Gasteiger partial charge in [0.15, 0.2) is 0 Å². The zero-order valence-corrected chi connectivity index (χ0v) is 14.3. The summed E-state index contributed by atoms with van der Waals surface area (Å²) in [6.45, 7) is 5.17. The highest BCUT2D eigenvalue weighted by Gasteiger charge is 2.05. The molecule has 0 saturated carbocycles. The number of nitrogens with one attached hydrogen (secondary N) is 1. The van der Waals surface area contributed by atoms with Crippen molar-refractivity contribution in [1.29, 1.82) is 0 Å². The lowest BCUT2D eigenvalue weighted by Crippen LogP contribution is -2.25. The molecule has 0 aliphatic heterocycles. The monoisotopic (exact) mass is 331 g/mol.